The van der Waals surface area contributed by atoms with Crippen molar-refractivity contribution in [2.24, 2.45) is 0 Å². The molecule has 0 bridgehead atoms. The maximum Gasteiger partial charge on any atom is 0.340 e. The van der Waals surface area contributed by atoms with Gasteiger partial charge in [-0.15, -0.1) is 10.2 Å². The number of aromatic nitrogens is 4. The van der Waals surface area contributed by atoms with Crippen molar-refractivity contribution in [2.45, 2.75) is 0 Å². The van der Waals surface area contributed by atoms with Gasteiger partial charge in [0.1, 0.15) is 12.1 Å². The van der Waals surface area contributed by atoms with Crippen molar-refractivity contribution in [2.75, 3.05) is 19.5 Å². The minimum Gasteiger partial charge on any atom is -0.495 e. The molecule has 138 valence electrons. The highest BCUT2D eigenvalue weighted by Crippen LogP contribution is 2.31. The van der Waals surface area contributed by atoms with Crippen LogP contribution in [0.15, 0.2) is 43.0 Å². The van der Waals surface area contributed by atoms with E-state index in [1.165, 1.54) is 32.4 Å². The van der Waals surface area contributed by atoms with E-state index < -0.39 is 11.9 Å². The topological polar surface area (TPSA) is 108 Å². The molecule has 0 aliphatic heterocycles. The largest absolute Gasteiger partial charge is 0.495 e. The predicted molar refractivity (Wildman–Crippen MR) is 96.5 cm³/mol. The summed E-state index contributed by atoms with van der Waals surface area (Å²) in [6, 6.07) is 5.90. The highest BCUT2D eigenvalue weighted by Gasteiger charge is 2.19. The molecule has 1 amide bonds. The molecule has 9 nitrogen and oxygen atoms in total. The number of anilines is 1. The van der Waals surface area contributed by atoms with Gasteiger partial charge in [-0.05, 0) is 24.3 Å². The van der Waals surface area contributed by atoms with Crippen LogP contribution in [0.5, 0.6) is 5.75 Å². The molecular weight excluding hydrogens is 374 g/mol. The Balaban J connectivity index is 1.87. The zero-order chi connectivity index (χ0) is 19.4. The Morgan fingerprint density at radius 3 is 2.59 bits per heavy atom. The molecular formula is C17H14ClN5O4. The van der Waals surface area contributed by atoms with E-state index in [1.54, 1.807) is 29.4 Å². The molecule has 0 spiro atoms. The number of halogens is 1. The minimum absolute atomic E-state index is 0.0571. The van der Waals surface area contributed by atoms with E-state index in [0.717, 1.165) is 0 Å². The van der Waals surface area contributed by atoms with Crippen LogP contribution in [0, 0.1) is 0 Å². The van der Waals surface area contributed by atoms with Crippen LogP contribution < -0.4 is 10.1 Å². The van der Waals surface area contributed by atoms with Crippen molar-refractivity contribution in [1.82, 2.24) is 19.7 Å². The Bertz CT molecular complexity index is 974. The molecule has 1 aromatic carbocycles. The molecule has 3 rings (SSSR count). The summed E-state index contributed by atoms with van der Waals surface area (Å²) in [5.41, 5.74) is 0.315. The number of hydrogen-bond acceptors (Lipinski definition) is 7. The summed E-state index contributed by atoms with van der Waals surface area (Å²) in [6.45, 7) is 0. The molecule has 0 saturated carbocycles. The lowest BCUT2D eigenvalue weighted by molar-refractivity contribution is 0.0601. The van der Waals surface area contributed by atoms with Crippen LogP contribution in [-0.2, 0) is 4.74 Å². The van der Waals surface area contributed by atoms with E-state index >= 15 is 0 Å². The number of imidazole rings is 1. The third-order valence-corrected chi connectivity index (χ3v) is 3.89. The number of rotatable bonds is 5. The fraction of sp³-hybridized carbons (Fsp3) is 0.118. The van der Waals surface area contributed by atoms with Crippen molar-refractivity contribution in [3.05, 3.63) is 59.3 Å². The molecule has 1 N–H and O–H groups in total. The average molecular weight is 388 g/mol. The number of esters is 1. The standard InChI is InChI=1S/C17H14ClN5O4/c1-26-14-7-10(17(25)27-2)13(8-11(14)18)20-16(24)12-3-4-15(22-21-12)23-6-5-19-9-23/h3-9H,1-2H3,(H,20,24). The second kappa shape index (κ2) is 7.83. The van der Waals surface area contributed by atoms with E-state index in [2.05, 4.69) is 20.5 Å². The summed E-state index contributed by atoms with van der Waals surface area (Å²) in [5.74, 6) is -0.431. The molecule has 0 unspecified atom stereocenters. The number of hydrogen-bond donors (Lipinski definition) is 1. The van der Waals surface area contributed by atoms with Crippen LogP contribution >= 0.6 is 11.6 Å². The van der Waals surface area contributed by atoms with Crippen LogP contribution in [0.25, 0.3) is 5.82 Å². The number of methoxy groups -OCH3 is 2. The Kier molecular flexibility index (Phi) is 5.32. The van der Waals surface area contributed by atoms with Gasteiger partial charge in [-0.25, -0.2) is 9.78 Å². The van der Waals surface area contributed by atoms with E-state index in [9.17, 15) is 9.59 Å². The van der Waals surface area contributed by atoms with Crippen molar-refractivity contribution in [3.8, 4) is 11.6 Å². The predicted octanol–water partition coefficient (Wildman–Crippen LogP) is 2.36. The third-order valence-electron chi connectivity index (χ3n) is 3.60. The van der Waals surface area contributed by atoms with Crippen molar-refractivity contribution < 1.29 is 19.1 Å². The summed E-state index contributed by atoms with van der Waals surface area (Å²) < 4.78 is 11.5. The summed E-state index contributed by atoms with van der Waals surface area (Å²) in [6.07, 6.45) is 4.86. The van der Waals surface area contributed by atoms with Gasteiger partial charge < -0.3 is 14.8 Å². The van der Waals surface area contributed by atoms with Gasteiger partial charge in [0, 0.05) is 12.4 Å². The quantitative estimate of drug-likeness (QED) is 0.669. The second-order valence-electron chi connectivity index (χ2n) is 5.22. The van der Waals surface area contributed by atoms with E-state index in [4.69, 9.17) is 21.1 Å². The zero-order valence-corrected chi connectivity index (χ0v) is 15.1. The van der Waals surface area contributed by atoms with Gasteiger partial charge in [0.05, 0.1) is 30.5 Å². The van der Waals surface area contributed by atoms with Crippen LogP contribution in [0.4, 0.5) is 5.69 Å². The van der Waals surface area contributed by atoms with Gasteiger partial charge in [-0.1, -0.05) is 11.6 Å². The van der Waals surface area contributed by atoms with E-state index in [0.29, 0.717) is 5.82 Å². The fourth-order valence-electron chi connectivity index (χ4n) is 2.26. The molecule has 2 aromatic heterocycles. The summed E-state index contributed by atoms with van der Waals surface area (Å²) in [4.78, 5) is 28.4. The minimum atomic E-state index is -0.651. The number of carbonyl (C=O) groups is 2. The Labute approximate surface area is 158 Å². The van der Waals surface area contributed by atoms with Crippen molar-refractivity contribution in [3.63, 3.8) is 0 Å². The number of nitrogens with zero attached hydrogens (tertiary/aromatic N) is 4. The normalized spacial score (nSPS) is 10.3. The Morgan fingerprint density at radius 2 is 2.00 bits per heavy atom. The number of nitrogens with one attached hydrogen (secondary N) is 1. The molecule has 2 heterocycles. The van der Waals surface area contributed by atoms with Gasteiger partial charge in [0.25, 0.3) is 5.91 Å². The smallest absolute Gasteiger partial charge is 0.340 e. The van der Waals surface area contributed by atoms with Gasteiger partial charge in [0.2, 0.25) is 0 Å². The Hall–Kier alpha value is -3.46. The van der Waals surface area contributed by atoms with Gasteiger partial charge in [-0.2, -0.15) is 0 Å². The molecule has 0 aliphatic rings. The first kappa shape index (κ1) is 18.3. The maximum atomic E-state index is 12.5. The van der Waals surface area contributed by atoms with Gasteiger partial charge >= 0.3 is 5.97 Å². The zero-order valence-electron chi connectivity index (χ0n) is 14.3. The lowest BCUT2D eigenvalue weighted by atomic mass is 10.1. The summed E-state index contributed by atoms with van der Waals surface area (Å²) in [7, 11) is 2.65. The molecule has 0 aliphatic carbocycles. The fourth-order valence-corrected chi connectivity index (χ4v) is 2.50. The van der Waals surface area contributed by atoms with Crippen LogP contribution in [0.2, 0.25) is 5.02 Å². The summed E-state index contributed by atoms with van der Waals surface area (Å²) in [5, 5.41) is 10.7. The van der Waals surface area contributed by atoms with E-state index in [1.807, 2.05) is 0 Å². The first-order chi connectivity index (χ1) is 13.0. The molecule has 0 atom stereocenters. The second-order valence-corrected chi connectivity index (χ2v) is 5.63. The number of benzene rings is 1. The van der Waals surface area contributed by atoms with Gasteiger partial charge in [-0.3, -0.25) is 9.36 Å². The average Bonchev–Trinajstić information content (AvgIpc) is 3.22. The SMILES string of the molecule is COC(=O)c1cc(OC)c(Cl)cc1NC(=O)c1ccc(-n2ccnc2)nn1. The Morgan fingerprint density at radius 1 is 1.19 bits per heavy atom. The van der Waals surface area contributed by atoms with Crippen LogP contribution in [0.1, 0.15) is 20.8 Å². The molecule has 3 aromatic rings. The molecule has 0 fully saturated rings. The number of amides is 1. The highest BCUT2D eigenvalue weighted by atomic mass is 35.5. The molecule has 27 heavy (non-hydrogen) atoms. The monoisotopic (exact) mass is 387 g/mol. The number of carbonyl (C=O) groups excluding carboxylic acids is 2. The third kappa shape index (κ3) is 3.87. The van der Waals surface area contributed by atoms with Crippen LogP contribution in [0.3, 0.4) is 0 Å². The van der Waals surface area contributed by atoms with E-state index in [-0.39, 0.29) is 27.7 Å². The lowest BCUT2D eigenvalue weighted by Gasteiger charge is -2.12. The summed E-state index contributed by atoms with van der Waals surface area (Å²) >= 11 is 6.09. The van der Waals surface area contributed by atoms with Crippen LogP contribution in [-0.4, -0.2) is 45.8 Å². The number of ether oxygens (including phenoxy) is 2. The highest BCUT2D eigenvalue weighted by molar-refractivity contribution is 6.32. The van der Waals surface area contributed by atoms with Crippen molar-refractivity contribution in [1.29, 1.82) is 0 Å². The maximum absolute atomic E-state index is 12.5. The molecule has 10 heteroatoms. The van der Waals surface area contributed by atoms with Gasteiger partial charge in [0.15, 0.2) is 11.5 Å². The first-order valence-electron chi connectivity index (χ1n) is 7.62. The van der Waals surface area contributed by atoms with Crippen molar-refractivity contribution >= 4 is 29.2 Å². The molecule has 0 saturated heterocycles. The molecule has 0 radical (unpaired) electrons. The first-order valence-corrected chi connectivity index (χ1v) is 8.00. The lowest BCUT2D eigenvalue weighted by Crippen LogP contribution is -2.17.